The first-order valence-electron chi connectivity index (χ1n) is 20.3. The van der Waals surface area contributed by atoms with Crippen LogP contribution in [0.4, 0.5) is 0 Å². The molecule has 319 valence electrons. The first-order chi connectivity index (χ1) is 30.3. The van der Waals surface area contributed by atoms with E-state index in [0.717, 1.165) is 8.95 Å². The molecular formula is C55H42Br2Cl5Fe. The number of rotatable bonds is 2. The van der Waals surface area contributed by atoms with Gasteiger partial charge in [-0.3, -0.25) is 0 Å². The molecule has 0 spiro atoms. The predicted molar refractivity (Wildman–Crippen MR) is 281 cm³/mol. The molecule has 0 saturated carbocycles. The van der Waals surface area contributed by atoms with Crippen LogP contribution in [-0.4, -0.2) is 5.34 Å². The Morgan fingerprint density at radius 3 is 1.41 bits per heavy atom. The second-order valence-corrected chi connectivity index (χ2v) is 24.7. The fourth-order valence-electron chi connectivity index (χ4n) is 9.62. The molecule has 0 saturated heterocycles. The van der Waals surface area contributed by atoms with Gasteiger partial charge in [0.15, 0.2) is 0 Å². The van der Waals surface area contributed by atoms with Crippen LogP contribution in [0.25, 0.3) is 76.8 Å². The van der Waals surface area contributed by atoms with Crippen molar-refractivity contribution >= 4 is 118 Å². The van der Waals surface area contributed by atoms with Crippen LogP contribution < -0.4 is 0 Å². The number of hydrogen-bond acceptors (Lipinski definition) is 0. The van der Waals surface area contributed by atoms with Crippen molar-refractivity contribution in [2.75, 3.05) is 5.34 Å². The molecule has 0 nitrogen and oxygen atoms in total. The first-order valence-corrected chi connectivity index (χ1v) is 27.5. The van der Waals surface area contributed by atoms with Gasteiger partial charge in [-0.2, -0.15) is 0 Å². The Balaban J connectivity index is 0.000000151. The van der Waals surface area contributed by atoms with E-state index in [1.165, 1.54) is 99.1 Å². The number of hydrogen-bond donors (Lipinski definition) is 0. The van der Waals surface area contributed by atoms with Crippen molar-refractivity contribution in [1.82, 2.24) is 0 Å². The number of halogens is 7. The molecule has 11 rings (SSSR count). The summed E-state index contributed by atoms with van der Waals surface area (Å²) in [6, 6.07) is 62.2. The van der Waals surface area contributed by atoms with Gasteiger partial charge in [0, 0.05) is 19.8 Å². The average Bonchev–Trinajstić information content (AvgIpc) is 3.65. The summed E-state index contributed by atoms with van der Waals surface area (Å²) in [5.74, 6) is 0. The van der Waals surface area contributed by atoms with Crippen LogP contribution in [0.5, 0.6) is 0 Å². The third-order valence-corrected chi connectivity index (χ3v) is 13.4. The van der Waals surface area contributed by atoms with Gasteiger partial charge in [-0.05, 0) is 142 Å². The van der Waals surface area contributed by atoms with Gasteiger partial charge < -0.3 is 0 Å². The third-order valence-electron chi connectivity index (χ3n) is 12.5. The summed E-state index contributed by atoms with van der Waals surface area (Å²) in [5.41, 5.74) is 16.2. The van der Waals surface area contributed by atoms with E-state index in [1.807, 2.05) is 0 Å². The Kier molecular flexibility index (Phi) is 14.1. The summed E-state index contributed by atoms with van der Waals surface area (Å²) in [6.45, 7) is 9.37. The maximum absolute atomic E-state index is 4.89. The van der Waals surface area contributed by atoms with Crippen LogP contribution in [0.3, 0.4) is 0 Å². The fourth-order valence-corrected chi connectivity index (χ4v) is 10.3. The van der Waals surface area contributed by atoms with Gasteiger partial charge in [0.2, 0.25) is 0 Å². The summed E-state index contributed by atoms with van der Waals surface area (Å²) >= 11 is 15.5. The van der Waals surface area contributed by atoms with Crippen molar-refractivity contribution in [2.24, 2.45) is 0 Å². The van der Waals surface area contributed by atoms with Crippen molar-refractivity contribution < 1.29 is 11.2 Å². The van der Waals surface area contributed by atoms with Crippen molar-refractivity contribution in [1.29, 1.82) is 0 Å². The number of alkyl halides is 2. The summed E-state index contributed by atoms with van der Waals surface area (Å²) in [5, 5.41) is 8.17. The van der Waals surface area contributed by atoms with E-state index in [9.17, 15) is 0 Å². The Labute approximate surface area is 414 Å². The quantitative estimate of drug-likeness (QED) is 0.0919. The molecule has 0 N–H and O–H groups in total. The average molecular weight is 1100 g/mol. The predicted octanol–water partition coefficient (Wildman–Crippen LogP) is 19.8. The summed E-state index contributed by atoms with van der Waals surface area (Å²) in [6.07, 6.45) is 0. The molecule has 0 bridgehead atoms. The SMILES string of the molecule is CC1(C)c2ccccc2-c2cc3c4ccccc4c4cc(Br)ccc4c3cc21.CC1(C)c2ccccc2-c2ccc(-c3ccc(Br)cc3-c3ccccc3)cc21.ClCCl.[Cl][Fe]([Cl])[Cl]. The van der Waals surface area contributed by atoms with Gasteiger partial charge in [-0.15, -0.1) is 23.2 Å². The minimum absolute atomic E-state index is 0.0181. The second-order valence-electron chi connectivity index (χ2n) is 16.6. The zero-order valence-corrected chi connectivity index (χ0v) is 42.9. The molecule has 2 aliphatic carbocycles. The Hall–Kier alpha value is -3.31. The minimum atomic E-state index is -1.33. The van der Waals surface area contributed by atoms with Crippen LogP contribution >= 0.6 is 85.4 Å². The van der Waals surface area contributed by atoms with Gasteiger partial charge in [-0.1, -0.05) is 187 Å². The molecule has 0 unspecified atom stereocenters. The molecule has 8 heteroatoms. The molecule has 0 heterocycles. The number of fused-ring (bicyclic) bond motifs is 12. The monoisotopic (exact) mass is 1090 g/mol. The molecule has 9 aromatic carbocycles. The third kappa shape index (κ3) is 9.01. The van der Waals surface area contributed by atoms with E-state index in [1.54, 1.807) is 0 Å². The van der Waals surface area contributed by atoms with Crippen LogP contribution in [0.1, 0.15) is 49.9 Å². The zero-order chi connectivity index (χ0) is 44.6. The van der Waals surface area contributed by atoms with Crippen LogP contribution in [0.2, 0.25) is 0 Å². The van der Waals surface area contributed by atoms with Crippen molar-refractivity contribution in [2.45, 2.75) is 38.5 Å². The van der Waals surface area contributed by atoms with E-state index < -0.39 is 11.2 Å². The van der Waals surface area contributed by atoms with Gasteiger partial charge in [0.1, 0.15) is 0 Å². The molecular weight excluding hydrogens is 1050 g/mol. The van der Waals surface area contributed by atoms with Gasteiger partial charge in [0.25, 0.3) is 0 Å². The van der Waals surface area contributed by atoms with Gasteiger partial charge in [-0.25, -0.2) is 0 Å². The second kappa shape index (κ2) is 19.3. The standard InChI is InChI=1S/C27H19Br.C27H21Br.CH2Cl2.3ClH.Fe/c1-27(2)25-10-6-5-9-20(25)24-14-22-18-8-4-3-7-17(18)21-13-16(28)11-12-19(21)23(22)15-26(24)27;1-27(2)25-11-7-6-10-22(25)23-14-12-19(16-26(23)27)21-15-13-20(28)17-24(21)18-8-4-3-5-9-18;2-1-3;;;;/h3-15H,1-2H3;3-17H,1-2H3;1H2;3*1H;/q;;;;;;+3/p-3. The van der Waals surface area contributed by atoms with Crippen LogP contribution in [0, 0.1) is 0 Å². The number of benzene rings is 9. The molecule has 0 fully saturated rings. The molecule has 0 amide bonds. The summed E-state index contributed by atoms with van der Waals surface area (Å²) in [4.78, 5) is 0. The summed E-state index contributed by atoms with van der Waals surface area (Å²) < 4.78 is 2.22. The summed E-state index contributed by atoms with van der Waals surface area (Å²) in [7, 11) is 14.7. The Bertz CT molecular complexity index is 3140. The van der Waals surface area contributed by atoms with E-state index in [0.29, 0.717) is 0 Å². The van der Waals surface area contributed by atoms with E-state index >= 15 is 0 Å². The molecule has 9 aromatic rings. The van der Waals surface area contributed by atoms with Crippen molar-refractivity contribution in [3.8, 4) is 44.5 Å². The van der Waals surface area contributed by atoms with Crippen LogP contribution in [0.15, 0.2) is 179 Å². The van der Waals surface area contributed by atoms with E-state index in [4.69, 9.17) is 53.5 Å². The first kappa shape index (κ1) is 46.2. The molecule has 2 aliphatic rings. The Morgan fingerprint density at radius 2 is 0.794 bits per heavy atom. The molecule has 0 atom stereocenters. The topological polar surface area (TPSA) is 0 Å². The molecule has 0 aliphatic heterocycles. The van der Waals surface area contributed by atoms with Crippen molar-refractivity contribution in [3.63, 3.8) is 0 Å². The molecule has 0 aromatic heterocycles. The normalized spacial score (nSPS) is 13.6. The Morgan fingerprint density at radius 1 is 0.365 bits per heavy atom. The van der Waals surface area contributed by atoms with Crippen LogP contribution in [-0.2, 0) is 22.0 Å². The maximum atomic E-state index is 4.89. The fraction of sp³-hybridized carbons (Fsp3) is 0.127. The van der Waals surface area contributed by atoms with Crippen molar-refractivity contribution in [3.05, 3.63) is 201 Å². The zero-order valence-electron chi connectivity index (χ0n) is 34.9. The van der Waals surface area contributed by atoms with Gasteiger partial charge in [0.05, 0.1) is 5.34 Å². The molecule has 0 radical (unpaired) electrons. The van der Waals surface area contributed by atoms with E-state index in [-0.39, 0.29) is 16.2 Å². The van der Waals surface area contributed by atoms with Gasteiger partial charge >= 0.3 is 41.5 Å². The van der Waals surface area contributed by atoms with E-state index in [2.05, 4.69) is 229 Å². The molecule has 63 heavy (non-hydrogen) atoms.